The van der Waals surface area contributed by atoms with Crippen molar-refractivity contribution in [3.8, 4) is 0 Å². The van der Waals surface area contributed by atoms with Gasteiger partial charge in [-0.1, -0.05) is 58.2 Å². The van der Waals surface area contributed by atoms with Gasteiger partial charge < -0.3 is 0 Å². The van der Waals surface area contributed by atoms with Crippen molar-refractivity contribution in [2.75, 3.05) is 0 Å². The Morgan fingerprint density at radius 2 is 1.78 bits per heavy atom. The number of carbonyl (C=O) groups excluding carboxylic acids is 2. The van der Waals surface area contributed by atoms with E-state index in [2.05, 4.69) is 22.1 Å². The second-order valence-corrected chi connectivity index (χ2v) is 8.25. The highest BCUT2D eigenvalue weighted by Gasteiger charge is 2.40. The van der Waals surface area contributed by atoms with Crippen LogP contribution in [0.4, 0.5) is 0 Å². The van der Waals surface area contributed by atoms with E-state index in [9.17, 15) is 9.59 Å². The van der Waals surface area contributed by atoms with E-state index >= 15 is 0 Å². The van der Waals surface area contributed by atoms with Gasteiger partial charge in [0.15, 0.2) is 11.6 Å². The van der Waals surface area contributed by atoms with E-state index in [1.165, 1.54) is 37.4 Å². The molecule has 23 heavy (non-hydrogen) atoms. The molecule has 0 saturated heterocycles. The highest BCUT2D eigenvalue weighted by molar-refractivity contribution is 8.01. The third-order valence-corrected chi connectivity index (χ3v) is 5.30. The van der Waals surface area contributed by atoms with Crippen LogP contribution in [-0.4, -0.2) is 32.0 Å². The Bertz CT molecular complexity index is 534. The molecule has 2 rings (SSSR count). The minimum atomic E-state index is -0.628. The summed E-state index contributed by atoms with van der Waals surface area (Å²) in [5.41, 5.74) is -0.214. The van der Waals surface area contributed by atoms with Gasteiger partial charge in [0, 0.05) is 19.3 Å². The third kappa shape index (κ3) is 5.44. The van der Waals surface area contributed by atoms with Gasteiger partial charge in [-0.15, -0.1) is 5.10 Å². The number of nitrogens with one attached hydrogen (secondary N) is 1. The number of carbonyl (C=O) groups is 2. The summed E-state index contributed by atoms with van der Waals surface area (Å²) in [5, 5.41) is 6.97. The van der Waals surface area contributed by atoms with E-state index in [0.717, 1.165) is 18.7 Å². The molecule has 0 unspecified atom stereocenters. The molecule has 1 fully saturated rings. The zero-order chi connectivity index (χ0) is 16.9. The van der Waals surface area contributed by atoms with E-state index in [4.69, 9.17) is 0 Å². The normalized spacial score (nSPS) is 18.6. The molecule has 0 amide bonds. The van der Waals surface area contributed by atoms with E-state index in [1.807, 2.05) is 13.8 Å². The van der Waals surface area contributed by atoms with Gasteiger partial charge in [0.25, 0.3) is 0 Å². The molecular weight excluding hydrogens is 310 g/mol. The molecule has 0 radical (unpaired) electrons. The number of Topliss-reactive ketones (excluding diaryl/α,β-unsaturated/α-hetero) is 2. The lowest BCUT2D eigenvalue weighted by molar-refractivity contribution is -0.132. The van der Waals surface area contributed by atoms with E-state index < -0.39 is 5.25 Å². The number of aromatic nitrogens is 3. The molecule has 0 bridgehead atoms. The van der Waals surface area contributed by atoms with Crippen LogP contribution < -0.4 is 0 Å². The molecule has 1 saturated carbocycles. The fourth-order valence-corrected chi connectivity index (χ4v) is 3.85. The minimum Gasteiger partial charge on any atom is -0.298 e. The Balaban J connectivity index is 1.84. The van der Waals surface area contributed by atoms with Gasteiger partial charge in [-0.05, 0) is 11.8 Å². The number of hydrogen-bond acceptors (Lipinski definition) is 5. The first-order valence-corrected chi connectivity index (χ1v) is 9.42. The standard InChI is InChI=1S/C17H27N3O2S/c1-4-5-6-7-8-9-14-18-16(20-19-14)23-15-12(21)10-17(2,3)11-13(15)22/h15H,4-11H2,1-3H3,(H,18,19,20). The van der Waals surface area contributed by atoms with Crippen LogP contribution in [0.1, 0.15) is 71.5 Å². The first-order chi connectivity index (χ1) is 10.9. The summed E-state index contributed by atoms with van der Waals surface area (Å²) in [5.74, 6) is 0.851. The van der Waals surface area contributed by atoms with Crippen LogP contribution in [0.3, 0.4) is 0 Å². The maximum atomic E-state index is 12.2. The summed E-state index contributed by atoms with van der Waals surface area (Å²) in [7, 11) is 0. The van der Waals surface area contributed by atoms with Crippen molar-refractivity contribution < 1.29 is 9.59 Å². The van der Waals surface area contributed by atoms with Crippen LogP contribution >= 0.6 is 11.8 Å². The lowest BCUT2D eigenvalue weighted by atomic mass is 9.76. The summed E-state index contributed by atoms with van der Waals surface area (Å²) in [6.45, 7) is 6.13. The lowest BCUT2D eigenvalue weighted by Gasteiger charge is -2.31. The topological polar surface area (TPSA) is 75.7 Å². The number of aromatic amines is 1. The van der Waals surface area contributed by atoms with Crippen molar-refractivity contribution in [2.24, 2.45) is 5.41 Å². The van der Waals surface area contributed by atoms with Crippen molar-refractivity contribution in [1.29, 1.82) is 0 Å². The maximum absolute atomic E-state index is 12.2. The molecule has 1 aliphatic rings. The SMILES string of the molecule is CCCCCCCc1nc(SC2C(=O)CC(C)(C)CC2=O)n[nH]1. The van der Waals surface area contributed by atoms with Crippen molar-refractivity contribution in [2.45, 2.75) is 82.5 Å². The molecule has 5 nitrogen and oxygen atoms in total. The van der Waals surface area contributed by atoms with Crippen molar-refractivity contribution in [1.82, 2.24) is 15.2 Å². The summed E-state index contributed by atoms with van der Waals surface area (Å²) in [4.78, 5) is 28.8. The zero-order valence-corrected chi connectivity index (χ0v) is 15.2. The Morgan fingerprint density at radius 3 is 2.43 bits per heavy atom. The Morgan fingerprint density at radius 1 is 1.13 bits per heavy atom. The van der Waals surface area contributed by atoms with Crippen molar-refractivity contribution >= 4 is 23.3 Å². The number of unbranched alkanes of at least 4 members (excludes halogenated alkanes) is 4. The van der Waals surface area contributed by atoms with Gasteiger partial charge in [0.1, 0.15) is 11.1 Å². The Labute approximate surface area is 142 Å². The minimum absolute atomic E-state index is 0.00201. The molecule has 128 valence electrons. The van der Waals surface area contributed by atoms with Crippen LogP contribution in [0.25, 0.3) is 0 Å². The highest BCUT2D eigenvalue weighted by atomic mass is 32.2. The first-order valence-electron chi connectivity index (χ1n) is 8.54. The highest BCUT2D eigenvalue weighted by Crippen LogP contribution is 2.37. The van der Waals surface area contributed by atoms with Crippen LogP contribution in [0.2, 0.25) is 0 Å². The molecule has 0 spiro atoms. The number of ketones is 2. The van der Waals surface area contributed by atoms with Crippen LogP contribution in [0, 0.1) is 5.41 Å². The quantitative estimate of drug-likeness (QED) is 0.578. The smallest absolute Gasteiger partial charge is 0.209 e. The predicted molar refractivity (Wildman–Crippen MR) is 91.5 cm³/mol. The van der Waals surface area contributed by atoms with Crippen molar-refractivity contribution in [3.63, 3.8) is 0 Å². The van der Waals surface area contributed by atoms with Gasteiger partial charge in [-0.2, -0.15) is 0 Å². The van der Waals surface area contributed by atoms with Gasteiger partial charge in [-0.25, -0.2) is 4.98 Å². The molecule has 6 heteroatoms. The fourth-order valence-electron chi connectivity index (χ4n) is 2.95. The molecule has 0 aromatic carbocycles. The van der Waals surface area contributed by atoms with Gasteiger partial charge >= 0.3 is 0 Å². The van der Waals surface area contributed by atoms with Gasteiger partial charge in [-0.3, -0.25) is 14.7 Å². The van der Waals surface area contributed by atoms with Crippen LogP contribution in [-0.2, 0) is 16.0 Å². The molecule has 0 atom stereocenters. The number of nitrogens with zero attached hydrogens (tertiary/aromatic N) is 2. The van der Waals surface area contributed by atoms with Crippen LogP contribution in [0.5, 0.6) is 0 Å². The zero-order valence-electron chi connectivity index (χ0n) is 14.4. The largest absolute Gasteiger partial charge is 0.298 e. The van der Waals surface area contributed by atoms with Crippen LogP contribution in [0.15, 0.2) is 5.16 Å². The molecule has 1 aliphatic carbocycles. The number of hydrogen-bond donors (Lipinski definition) is 1. The summed E-state index contributed by atoms with van der Waals surface area (Å²) in [6, 6.07) is 0. The molecule has 1 heterocycles. The molecule has 0 aliphatic heterocycles. The monoisotopic (exact) mass is 337 g/mol. The van der Waals surface area contributed by atoms with E-state index in [0.29, 0.717) is 18.0 Å². The number of aryl methyl sites for hydroxylation is 1. The maximum Gasteiger partial charge on any atom is 0.209 e. The van der Waals surface area contributed by atoms with Crippen molar-refractivity contribution in [3.05, 3.63) is 5.82 Å². The average Bonchev–Trinajstić information content (AvgIpc) is 2.89. The predicted octanol–water partition coefficient (Wildman–Crippen LogP) is 3.74. The number of rotatable bonds is 8. The summed E-state index contributed by atoms with van der Waals surface area (Å²) < 4.78 is 0. The molecule has 1 aromatic rings. The first kappa shape index (κ1) is 18.2. The summed E-state index contributed by atoms with van der Waals surface area (Å²) in [6.07, 6.45) is 7.84. The lowest BCUT2D eigenvalue weighted by Crippen LogP contribution is -2.39. The Kier molecular flexibility index (Phi) is 6.39. The molecule has 1 aromatic heterocycles. The fraction of sp³-hybridized carbons (Fsp3) is 0.765. The average molecular weight is 337 g/mol. The van der Waals surface area contributed by atoms with Gasteiger partial charge in [0.2, 0.25) is 5.16 Å². The Hall–Kier alpha value is -1.17. The third-order valence-electron chi connectivity index (χ3n) is 4.14. The van der Waals surface area contributed by atoms with E-state index in [-0.39, 0.29) is 17.0 Å². The molecule has 1 N–H and O–H groups in total. The second kappa shape index (κ2) is 8.08. The van der Waals surface area contributed by atoms with E-state index in [1.54, 1.807) is 0 Å². The number of H-pyrrole nitrogens is 1. The summed E-state index contributed by atoms with van der Waals surface area (Å²) >= 11 is 1.20. The second-order valence-electron chi connectivity index (χ2n) is 7.18. The number of thioether (sulfide) groups is 1. The molecular formula is C17H27N3O2S. The van der Waals surface area contributed by atoms with Gasteiger partial charge in [0.05, 0.1) is 0 Å².